The Morgan fingerprint density at radius 3 is 2.64 bits per heavy atom. The van der Waals surface area contributed by atoms with Crippen LogP contribution in [0, 0.1) is 19.7 Å². The van der Waals surface area contributed by atoms with Gasteiger partial charge in [-0.1, -0.05) is 12.1 Å². The lowest BCUT2D eigenvalue weighted by atomic mass is 9.71. The van der Waals surface area contributed by atoms with Crippen LogP contribution < -0.4 is 5.32 Å². The highest BCUT2D eigenvalue weighted by atomic mass is 32.1. The molecule has 142 valence electrons. The van der Waals surface area contributed by atoms with E-state index in [2.05, 4.69) is 25.5 Å². The number of anilines is 1. The van der Waals surface area contributed by atoms with Gasteiger partial charge in [0.2, 0.25) is 0 Å². The minimum atomic E-state index is -0.934. The number of aliphatic hydroxyl groups is 1. The second-order valence-electron chi connectivity index (χ2n) is 7.38. The average molecular weight is 395 g/mol. The molecular formula is C20H18FN5OS. The third-order valence-electron chi connectivity index (χ3n) is 5.55. The van der Waals surface area contributed by atoms with Crippen LogP contribution in [-0.4, -0.2) is 31.3 Å². The van der Waals surface area contributed by atoms with Gasteiger partial charge in [0.25, 0.3) is 0 Å². The lowest BCUT2D eigenvalue weighted by molar-refractivity contribution is -0.0472. The van der Waals surface area contributed by atoms with Crippen LogP contribution in [0.4, 0.5) is 10.2 Å². The van der Waals surface area contributed by atoms with Gasteiger partial charge in [-0.25, -0.2) is 14.4 Å². The van der Waals surface area contributed by atoms with E-state index in [1.807, 2.05) is 13.8 Å². The summed E-state index contributed by atoms with van der Waals surface area (Å²) in [5.74, 6) is 0.444. The quantitative estimate of drug-likeness (QED) is 0.548. The summed E-state index contributed by atoms with van der Waals surface area (Å²) >= 11 is 1.52. The molecule has 0 radical (unpaired) electrons. The summed E-state index contributed by atoms with van der Waals surface area (Å²) < 4.78 is 14.1. The number of aryl methyl sites for hydroxylation is 2. The van der Waals surface area contributed by atoms with Crippen molar-refractivity contribution in [1.29, 1.82) is 0 Å². The summed E-state index contributed by atoms with van der Waals surface area (Å²) in [7, 11) is 0. The molecule has 0 spiro atoms. The number of nitrogens with one attached hydrogen (secondary N) is 1. The molecule has 1 aliphatic carbocycles. The maximum absolute atomic E-state index is 13.1. The van der Waals surface area contributed by atoms with Gasteiger partial charge in [-0.15, -0.1) is 16.4 Å². The number of nitrogens with zero attached hydrogens (tertiary/aromatic N) is 4. The van der Waals surface area contributed by atoms with Crippen LogP contribution in [0.3, 0.4) is 0 Å². The first-order valence-electron chi connectivity index (χ1n) is 9.07. The molecule has 0 unspecified atom stereocenters. The maximum atomic E-state index is 13.1. The Morgan fingerprint density at radius 2 is 1.89 bits per heavy atom. The number of halogens is 1. The van der Waals surface area contributed by atoms with Crippen molar-refractivity contribution in [3.63, 3.8) is 0 Å². The van der Waals surface area contributed by atoms with E-state index in [-0.39, 0.29) is 11.9 Å². The molecule has 1 fully saturated rings. The second kappa shape index (κ2) is 6.15. The fourth-order valence-corrected chi connectivity index (χ4v) is 4.92. The highest BCUT2D eigenvalue weighted by molar-refractivity contribution is 7.25. The SMILES string of the molecule is Cc1nnc2sc3c(NC4CC(O)(c5ccc(F)cc5)C4)ncnc3c2c1C. The predicted molar refractivity (Wildman–Crippen MR) is 107 cm³/mol. The summed E-state index contributed by atoms with van der Waals surface area (Å²) in [6, 6.07) is 6.12. The summed E-state index contributed by atoms with van der Waals surface area (Å²) in [6.45, 7) is 3.97. The highest BCUT2D eigenvalue weighted by Crippen LogP contribution is 2.44. The number of benzene rings is 1. The average Bonchev–Trinajstić information content (AvgIpc) is 3.04. The van der Waals surface area contributed by atoms with Crippen molar-refractivity contribution in [3.05, 3.63) is 53.2 Å². The molecule has 6 nitrogen and oxygen atoms in total. The molecule has 3 heterocycles. The van der Waals surface area contributed by atoms with E-state index in [0.717, 1.165) is 43.1 Å². The van der Waals surface area contributed by atoms with Gasteiger partial charge in [0.1, 0.15) is 22.8 Å². The standard InChI is InChI=1S/C20H18FN5OS/c1-10-11(2)25-26-19-15(10)16-17(28-19)18(23-9-22-16)24-14-7-20(27,8-14)12-3-5-13(21)6-4-12/h3-6,9,14,27H,7-8H2,1-2H3,(H,22,23,24). The number of rotatable bonds is 3. The Balaban J connectivity index is 1.44. The van der Waals surface area contributed by atoms with Gasteiger partial charge < -0.3 is 10.4 Å². The lowest BCUT2D eigenvalue weighted by Crippen LogP contribution is -2.48. The molecule has 0 bridgehead atoms. The van der Waals surface area contributed by atoms with Crippen LogP contribution in [0.15, 0.2) is 30.6 Å². The Morgan fingerprint density at radius 1 is 1.14 bits per heavy atom. The molecule has 0 amide bonds. The Labute approximate surface area is 164 Å². The molecule has 2 N–H and O–H groups in total. The molecule has 1 saturated carbocycles. The van der Waals surface area contributed by atoms with Crippen LogP contribution in [0.5, 0.6) is 0 Å². The second-order valence-corrected chi connectivity index (χ2v) is 8.38. The largest absolute Gasteiger partial charge is 0.385 e. The van der Waals surface area contributed by atoms with E-state index in [1.165, 1.54) is 23.5 Å². The minimum absolute atomic E-state index is 0.0762. The van der Waals surface area contributed by atoms with Crippen LogP contribution in [0.1, 0.15) is 29.7 Å². The molecular weight excluding hydrogens is 377 g/mol. The van der Waals surface area contributed by atoms with Crippen LogP contribution in [0.25, 0.3) is 20.4 Å². The number of hydrogen-bond acceptors (Lipinski definition) is 7. The number of hydrogen-bond donors (Lipinski definition) is 2. The van der Waals surface area contributed by atoms with Gasteiger partial charge in [0, 0.05) is 24.3 Å². The molecule has 0 atom stereocenters. The van der Waals surface area contributed by atoms with Crippen molar-refractivity contribution in [3.8, 4) is 0 Å². The van der Waals surface area contributed by atoms with Gasteiger partial charge in [0.15, 0.2) is 0 Å². The molecule has 0 saturated heterocycles. The van der Waals surface area contributed by atoms with E-state index in [4.69, 9.17) is 0 Å². The van der Waals surface area contributed by atoms with E-state index in [9.17, 15) is 9.50 Å². The van der Waals surface area contributed by atoms with Crippen molar-refractivity contribution in [2.75, 3.05) is 5.32 Å². The van der Waals surface area contributed by atoms with Crippen LogP contribution in [-0.2, 0) is 5.60 Å². The molecule has 28 heavy (non-hydrogen) atoms. The zero-order valence-electron chi connectivity index (χ0n) is 15.4. The first-order chi connectivity index (χ1) is 13.4. The van der Waals surface area contributed by atoms with Crippen LogP contribution in [0.2, 0.25) is 0 Å². The first-order valence-corrected chi connectivity index (χ1v) is 9.88. The lowest BCUT2D eigenvalue weighted by Gasteiger charge is -2.44. The Bertz CT molecular complexity index is 1200. The number of aromatic nitrogens is 4. The van der Waals surface area contributed by atoms with Crippen molar-refractivity contribution >= 4 is 37.6 Å². The molecule has 5 rings (SSSR count). The minimum Gasteiger partial charge on any atom is -0.385 e. The highest BCUT2D eigenvalue weighted by Gasteiger charge is 2.44. The Hall–Kier alpha value is -2.71. The molecule has 1 aliphatic rings. The first kappa shape index (κ1) is 17.4. The van der Waals surface area contributed by atoms with E-state index in [1.54, 1.807) is 18.5 Å². The third kappa shape index (κ3) is 2.63. The zero-order valence-corrected chi connectivity index (χ0v) is 16.2. The summed E-state index contributed by atoms with van der Waals surface area (Å²) in [4.78, 5) is 9.74. The molecule has 1 aromatic carbocycles. The topological polar surface area (TPSA) is 83.8 Å². The van der Waals surface area contributed by atoms with E-state index >= 15 is 0 Å². The summed E-state index contributed by atoms with van der Waals surface area (Å²) in [6.07, 6.45) is 2.62. The fraction of sp³-hybridized carbons (Fsp3) is 0.300. The third-order valence-corrected chi connectivity index (χ3v) is 6.62. The molecule has 3 aromatic heterocycles. The van der Waals surface area contributed by atoms with E-state index in [0.29, 0.717) is 12.8 Å². The van der Waals surface area contributed by atoms with Crippen LogP contribution >= 0.6 is 11.3 Å². The number of fused-ring (bicyclic) bond motifs is 3. The summed E-state index contributed by atoms with van der Waals surface area (Å²) in [5.41, 5.74) is 2.65. The van der Waals surface area contributed by atoms with Gasteiger partial charge >= 0.3 is 0 Å². The van der Waals surface area contributed by atoms with Gasteiger partial charge in [-0.05, 0) is 37.1 Å². The van der Waals surface area contributed by atoms with Crippen molar-refractivity contribution in [2.24, 2.45) is 0 Å². The zero-order chi connectivity index (χ0) is 19.5. The maximum Gasteiger partial charge on any atom is 0.149 e. The Kier molecular flexibility index (Phi) is 3.82. The molecule has 8 heteroatoms. The monoisotopic (exact) mass is 395 g/mol. The number of thiophene rings is 1. The molecule has 0 aliphatic heterocycles. The fourth-order valence-electron chi connectivity index (χ4n) is 3.83. The van der Waals surface area contributed by atoms with Crippen molar-refractivity contribution in [1.82, 2.24) is 20.2 Å². The van der Waals surface area contributed by atoms with Crippen molar-refractivity contribution < 1.29 is 9.50 Å². The smallest absolute Gasteiger partial charge is 0.149 e. The van der Waals surface area contributed by atoms with Gasteiger partial charge in [-0.3, -0.25) is 0 Å². The normalized spacial score (nSPS) is 21.8. The molecule has 4 aromatic rings. The predicted octanol–water partition coefficient (Wildman–Crippen LogP) is 3.85. The van der Waals surface area contributed by atoms with Crippen molar-refractivity contribution in [2.45, 2.75) is 38.3 Å². The van der Waals surface area contributed by atoms with Gasteiger partial charge in [-0.2, -0.15) is 5.10 Å². The summed E-state index contributed by atoms with van der Waals surface area (Å²) in [5, 5.41) is 23.8. The van der Waals surface area contributed by atoms with E-state index < -0.39 is 5.60 Å². The van der Waals surface area contributed by atoms with Gasteiger partial charge in [0.05, 0.1) is 21.5 Å².